The number of hydrogen-bond acceptors (Lipinski definition) is 2. The second kappa shape index (κ2) is 7.10. The van der Waals surface area contributed by atoms with Gasteiger partial charge in [-0.25, -0.2) is 0 Å². The van der Waals surface area contributed by atoms with Crippen LogP contribution in [0.2, 0.25) is 0 Å². The van der Waals surface area contributed by atoms with Gasteiger partial charge in [-0.2, -0.15) is 0 Å². The summed E-state index contributed by atoms with van der Waals surface area (Å²) in [4.78, 5) is 0. The monoisotopic (exact) mass is 347 g/mol. The summed E-state index contributed by atoms with van der Waals surface area (Å²) in [5.41, 5.74) is 6.09. The van der Waals surface area contributed by atoms with Crippen LogP contribution in [0.1, 0.15) is 27.8 Å². The molecule has 2 aromatic rings. The number of rotatable bonds is 5. The van der Waals surface area contributed by atoms with Crippen molar-refractivity contribution in [1.29, 1.82) is 0 Å². The van der Waals surface area contributed by atoms with Crippen molar-refractivity contribution in [3.05, 3.63) is 62.6 Å². The lowest BCUT2D eigenvalue weighted by molar-refractivity contribution is 0.301. The van der Waals surface area contributed by atoms with E-state index in [0.29, 0.717) is 6.61 Å². The predicted molar refractivity (Wildman–Crippen MR) is 91.9 cm³/mol. The molecular weight excluding hydrogens is 326 g/mol. The van der Waals surface area contributed by atoms with E-state index in [1.165, 1.54) is 22.3 Å². The number of halogens is 1. The Labute approximate surface area is 135 Å². The van der Waals surface area contributed by atoms with Crippen LogP contribution in [0.25, 0.3) is 0 Å². The van der Waals surface area contributed by atoms with Crippen LogP contribution in [-0.4, -0.2) is 7.05 Å². The smallest absolute Gasteiger partial charge is 0.125 e. The van der Waals surface area contributed by atoms with E-state index >= 15 is 0 Å². The number of aryl methyl sites for hydroxylation is 2. The lowest BCUT2D eigenvalue weighted by atomic mass is 10.1. The maximum atomic E-state index is 6.07. The fraction of sp³-hybridized carbons (Fsp3) is 0.333. The standard InChI is InChI=1S/C18H22BrNO/c1-12-5-6-13(2)18(14(12)3)21-11-16-8-7-15(10-20-4)9-17(16)19/h5-9,20H,10-11H2,1-4H3. The SMILES string of the molecule is CNCc1ccc(COc2c(C)ccc(C)c2C)c(Br)c1. The van der Waals surface area contributed by atoms with Gasteiger partial charge < -0.3 is 10.1 Å². The highest BCUT2D eigenvalue weighted by Crippen LogP contribution is 2.28. The van der Waals surface area contributed by atoms with Gasteiger partial charge >= 0.3 is 0 Å². The molecule has 0 spiro atoms. The van der Waals surface area contributed by atoms with Crippen molar-refractivity contribution in [1.82, 2.24) is 5.32 Å². The first kappa shape index (κ1) is 16.1. The van der Waals surface area contributed by atoms with Gasteiger partial charge in [0.05, 0.1) is 0 Å². The largest absolute Gasteiger partial charge is 0.488 e. The van der Waals surface area contributed by atoms with Crippen LogP contribution in [0.3, 0.4) is 0 Å². The summed E-state index contributed by atoms with van der Waals surface area (Å²) in [5.74, 6) is 1.00. The Balaban J connectivity index is 2.15. The van der Waals surface area contributed by atoms with Crippen molar-refractivity contribution in [2.45, 2.75) is 33.9 Å². The molecule has 1 N–H and O–H groups in total. The van der Waals surface area contributed by atoms with Crippen molar-refractivity contribution in [2.24, 2.45) is 0 Å². The Morgan fingerprint density at radius 2 is 1.76 bits per heavy atom. The Kier molecular flexibility index (Phi) is 5.43. The van der Waals surface area contributed by atoms with Gasteiger partial charge in [-0.1, -0.05) is 40.2 Å². The molecule has 0 amide bonds. The van der Waals surface area contributed by atoms with E-state index in [2.05, 4.69) is 72.3 Å². The average molecular weight is 348 g/mol. The van der Waals surface area contributed by atoms with Gasteiger partial charge in [0, 0.05) is 16.6 Å². The van der Waals surface area contributed by atoms with Crippen LogP contribution in [-0.2, 0) is 13.2 Å². The normalized spacial score (nSPS) is 10.7. The molecule has 0 fully saturated rings. The van der Waals surface area contributed by atoms with Crippen LogP contribution in [0.5, 0.6) is 5.75 Å². The Hall–Kier alpha value is -1.32. The fourth-order valence-electron chi connectivity index (χ4n) is 2.32. The summed E-state index contributed by atoms with van der Waals surface area (Å²) in [5, 5.41) is 3.16. The Bertz CT molecular complexity index is 637. The number of hydrogen-bond donors (Lipinski definition) is 1. The van der Waals surface area contributed by atoms with Gasteiger partial charge in [-0.15, -0.1) is 0 Å². The summed E-state index contributed by atoms with van der Waals surface area (Å²) in [6.45, 7) is 7.76. The minimum absolute atomic E-state index is 0.575. The zero-order chi connectivity index (χ0) is 15.4. The molecule has 0 aliphatic rings. The predicted octanol–water partition coefficient (Wildman–Crippen LogP) is 4.67. The maximum Gasteiger partial charge on any atom is 0.125 e. The van der Waals surface area contributed by atoms with Crippen molar-refractivity contribution in [2.75, 3.05) is 7.05 Å². The van der Waals surface area contributed by atoms with E-state index in [4.69, 9.17) is 4.74 Å². The summed E-state index contributed by atoms with van der Waals surface area (Å²) in [6.07, 6.45) is 0. The third-order valence-corrected chi connectivity index (χ3v) is 4.48. The molecule has 0 bridgehead atoms. The zero-order valence-corrected chi connectivity index (χ0v) is 14.7. The molecule has 0 aromatic heterocycles. The van der Waals surface area contributed by atoms with Gasteiger partial charge in [0.25, 0.3) is 0 Å². The van der Waals surface area contributed by atoms with Crippen LogP contribution < -0.4 is 10.1 Å². The second-order valence-electron chi connectivity index (χ2n) is 5.40. The van der Waals surface area contributed by atoms with Gasteiger partial charge in [0.1, 0.15) is 12.4 Å². The Morgan fingerprint density at radius 1 is 1.05 bits per heavy atom. The van der Waals surface area contributed by atoms with Crippen LogP contribution in [0, 0.1) is 20.8 Å². The quantitative estimate of drug-likeness (QED) is 0.848. The van der Waals surface area contributed by atoms with E-state index in [-0.39, 0.29) is 0 Å². The van der Waals surface area contributed by atoms with E-state index in [0.717, 1.165) is 22.3 Å². The van der Waals surface area contributed by atoms with Crippen molar-refractivity contribution < 1.29 is 4.74 Å². The molecule has 0 heterocycles. The topological polar surface area (TPSA) is 21.3 Å². The fourth-order valence-corrected chi connectivity index (χ4v) is 2.86. The molecule has 0 atom stereocenters. The van der Waals surface area contributed by atoms with Crippen molar-refractivity contribution >= 4 is 15.9 Å². The van der Waals surface area contributed by atoms with E-state index in [1.807, 2.05) is 7.05 Å². The van der Waals surface area contributed by atoms with Gasteiger partial charge in [-0.05, 0) is 56.1 Å². The van der Waals surface area contributed by atoms with Crippen molar-refractivity contribution in [3.8, 4) is 5.75 Å². The van der Waals surface area contributed by atoms with Crippen LogP contribution in [0.4, 0.5) is 0 Å². The Morgan fingerprint density at radius 3 is 2.43 bits per heavy atom. The average Bonchev–Trinajstić information content (AvgIpc) is 2.45. The molecule has 2 nitrogen and oxygen atoms in total. The first-order valence-corrected chi connectivity index (χ1v) is 7.93. The van der Waals surface area contributed by atoms with E-state index < -0.39 is 0 Å². The molecule has 2 aromatic carbocycles. The summed E-state index contributed by atoms with van der Waals surface area (Å²) < 4.78 is 7.17. The molecule has 0 aliphatic heterocycles. The van der Waals surface area contributed by atoms with E-state index in [1.54, 1.807) is 0 Å². The van der Waals surface area contributed by atoms with Gasteiger partial charge in [0.2, 0.25) is 0 Å². The molecule has 0 unspecified atom stereocenters. The minimum atomic E-state index is 0.575. The zero-order valence-electron chi connectivity index (χ0n) is 13.1. The van der Waals surface area contributed by atoms with Crippen LogP contribution >= 0.6 is 15.9 Å². The van der Waals surface area contributed by atoms with Gasteiger partial charge in [-0.3, -0.25) is 0 Å². The second-order valence-corrected chi connectivity index (χ2v) is 6.25. The lowest BCUT2D eigenvalue weighted by Gasteiger charge is -2.15. The number of ether oxygens (including phenoxy) is 1. The minimum Gasteiger partial charge on any atom is -0.488 e. The van der Waals surface area contributed by atoms with Crippen LogP contribution in [0.15, 0.2) is 34.8 Å². The molecule has 0 radical (unpaired) electrons. The highest BCUT2D eigenvalue weighted by Gasteiger charge is 2.08. The molecule has 0 saturated carbocycles. The first-order chi connectivity index (χ1) is 10.0. The molecular formula is C18H22BrNO. The number of benzene rings is 2. The number of nitrogens with one attached hydrogen (secondary N) is 1. The molecule has 21 heavy (non-hydrogen) atoms. The van der Waals surface area contributed by atoms with E-state index in [9.17, 15) is 0 Å². The highest BCUT2D eigenvalue weighted by molar-refractivity contribution is 9.10. The summed E-state index contributed by atoms with van der Waals surface area (Å²) in [6, 6.07) is 10.7. The molecule has 0 aliphatic carbocycles. The lowest BCUT2D eigenvalue weighted by Crippen LogP contribution is -2.06. The molecule has 112 valence electrons. The third-order valence-electron chi connectivity index (χ3n) is 3.74. The van der Waals surface area contributed by atoms with Gasteiger partial charge in [0.15, 0.2) is 0 Å². The first-order valence-electron chi connectivity index (χ1n) is 7.14. The maximum absolute atomic E-state index is 6.07. The molecule has 2 rings (SSSR count). The summed E-state index contributed by atoms with van der Waals surface area (Å²) >= 11 is 3.63. The highest BCUT2D eigenvalue weighted by atomic mass is 79.9. The molecule has 0 saturated heterocycles. The third kappa shape index (κ3) is 3.86. The van der Waals surface area contributed by atoms with Crippen molar-refractivity contribution in [3.63, 3.8) is 0 Å². The molecule has 3 heteroatoms. The summed E-state index contributed by atoms with van der Waals surface area (Å²) in [7, 11) is 1.95.